The van der Waals surface area contributed by atoms with Gasteiger partial charge < -0.3 is 15.2 Å². The van der Waals surface area contributed by atoms with Crippen LogP contribution < -0.4 is 10.1 Å². The third-order valence-corrected chi connectivity index (χ3v) is 4.07. The van der Waals surface area contributed by atoms with Gasteiger partial charge in [-0.05, 0) is 72.2 Å². The van der Waals surface area contributed by atoms with Gasteiger partial charge in [-0.3, -0.25) is 4.79 Å². The fraction of sp³-hybridized carbons (Fsp3) is 0.381. The van der Waals surface area contributed by atoms with E-state index in [-0.39, 0.29) is 24.2 Å². The van der Waals surface area contributed by atoms with E-state index in [1.165, 1.54) is 0 Å². The molecule has 0 aliphatic carbocycles. The minimum Gasteiger partial charge on any atom is -0.508 e. The lowest BCUT2D eigenvalue weighted by molar-refractivity contribution is -0.122. The average molecular weight is 343 g/mol. The summed E-state index contributed by atoms with van der Waals surface area (Å²) in [7, 11) is 1.54. The van der Waals surface area contributed by atoms with Gasteiger partial charge in [0.1, 0.15) is 11.5 Å². The number of phenols is 1. The Morgan fingerprint density at radius 1 is 1.24 bits per heavy atom. The number of aromatic hydroxyl groups is 1. The van der Waals surface area contributed by atoms with Gasteiger partial charge in [0.2, 0.25) is 0 Å². The largest absolute Gasteiger partial charge is 0.508 e. The molecule has 0 unspecified atom stereocenters. The summed E-state index contributed by atoms with van der Waals surface area (Å²) in [5.74, 6) is 0.566. The van der Waals surface area contributed by atoms with Gasteiger partial charge in [-0.15, -0.1) is 0 Å². The van der Waals surface area contributed by atoms with Gasteiger partial charge in [0, 0.05) is 9.79 Å². The van der Waals surface area contributed by atoms with E-state index in [0.29, 0.717) is 16.9 Å². The van der Waals surface area contributed by atoms with Crippen LogP contribution >= 0.6 is 0 Å². The Bertz CT molecular complexity index is 824. The summed E-state index contributed by atoms with van der Waals surface area (Å²) in [5, 5.41) is 12.5. The highest BCUT2D eigenvalue weighted by Gasteiger charge is 2.11. The van der Waals surface area contributed by atoms with Gasteiger partial charge in [-0.1, -0.05) is 26.0 Å². The molecule has 0 saturated heterocycles. The molecule has 0 heterocycles. The Balaban J connectivity index is 2.44. The number of hydrogen-bond acceptors (Lipinski definition) is 3. The van der Waals surface area contributed by atoms with Crippen LogP contribution in [0.25, 0.3) is 0 Å². The number of hydrogen-bond donors (Lipinski definition) is 2. The summed E-state index contributed by atoms with van der Waals surface area (Å²) < 4.78 is 23.0. The zero-order chi connectivity index (χ0) is 20.4. The molecular formula is C21H27NO3. The zero-order valence-corrected chi connectivity index (χ0v) is 15.4. The molecule has 0 saturated carbocycles. The topological polar surface area (TPSA) is 58.6 Å². The van der Waals surface area contributed by atoms with Crippen LogP contribution in [0, 0.1) is 13.8 Å². The molecule has 2 aromatic carbocycles. The molecule has 0 aliphatic heterocycles. The number of carbonyl (C=O) groups is 1. The molecule has 1 amide bonds. The minimum atomic E-state index is -1.73. The van der Waals surface area contributed by atoms with E-state index in [4.69, 9.17) is 7.48 Å². The molecule has 2 rings (SSSR count). The van der Waals surface area contributed by atoms with Crippen LogP contribution in [0.1, 0.15) is 50.3 Å². The normalized spacial score (nSPS) is 12.6. The highest BCUT2D eigenvalue weighted by atomic mass is 16.5. The molecule has 4 heteroatoms. The molecule has 0 bridgehead atoms. The monoisotopic (exact) mass is 343 g/mol. The quantitative estimate of drug-likeness (QED) is 0.837. The second kappa shape index (κ2) is 8.06. The highest BCUT2D eigenvalue weighted by Crippen LogP contribution is 2.29. The number of benzene rings is 2. The number of amides is 1. The maximum absolute atomic E-state index is 11.4. The van der Waals surface area contributed by atoms with Crippen LogP contribution in [-0.2, 0) is 11.2 Å². The van der Waals surface area contributed by atoms with Crippen molar-refractivity contribution in [3.8, 4) is 11.5 Å². The van der Waals surface area contributed by atoms with E-state index in [1.54, 1.807) is 37.4 Å². The summed E-state index contributed by atoms with van der Waals surface area (Å²) in [5.41, 5.74) is 3.26. The fourth-order valence-corrected chi connectivity index (χ4v) is 2.66. The average Bonchev–Trinajstić information content (AvgIpc) is 2.58. The predicted molar refractivity (Wildman–Crippen MR) is 100 cm³/mol. The first-order valence-electron chi connectivity index (χ1n) is 9.36. The second-order valence-corrected chi connectivity index (χ2v) is 6.45. The van der Waals surface area contributed by atoms with Gasteiger partial charge in [0.25, 0.3) is 5.91 Å². The Kier molecular flexibility index (Phi) is 5.16. The summed E-state index contributed by atoms with van der Waals surface area (Å²) >= 11 is 0. The molecule has 0 radical (unpaired) electrons. The van der Waals surface area contributed by atoms with E-state index in [2.05, 4.69) is 5.32 Å². The third kappa shape index (κ3) is 4.75. The summed E-state index contributed by atoms with van der Waals surface area (Å²) in [6.07, 6.45) is -1.73. The number of nitrogens with one attached hydrogen (secondary N) is 1. The number of likely N-dealkylation sites (N-methyl/N-ethyl adjacent to an activating group) is 1. The van der Waals surface area contributed by atoms with Gasteiger partial charge >= 0.3 is 0 Å². The molecule has 134 valence electrons. The van der Waals surface area contributed by atoms with Crippen LogP contribution in [0.4, 0.5) is 0 Å². The van der Waals surface area contributed by atoms with Crippen molar-refractivity contribution in [1.82, 2.24) is 5.32 Å². The van der Waals surface area contributed by atoms with Crippen molar-refractivity contribution >= 4 is 5.91 Å². The van der Waals surface area contributed by atoms with E-state index in [9.17, 15) is 9.90 Å². The first-order chi connectivity index (χ1) is 12.6. The Labute approximate surface area is 152 Å². The van der Waals surface area contributed by atoms with Gasteiger partial charge in [0.15, 0.2) is 6.61 Å². The molecular weight excluding hydrogens is 314 g/mol. The van der Waals surface area contributed by atoms with Crippen molar-refractivity contribution in [2.45, 2.75) is 40.0 Å². The van der Waals surface area contributed by atoms with E-state index >= 15 is 0 Å². The van der Waals surface area contributed by atoms with Crippen LogP contribution in [0.3, 0.4) is 0 Å². The second-order valence-electron chi connectivity index (χ2n) is 6.45. The van der Waals surface area contributed by atoms with Crippen LogP contribution in [0.2, 0.25) is 0 Å². The smallest absolute Gasteiger partial charge is 0.257 e. The molecule has 0 aromatic heterocycles. The van der Waals surface area contributed by atoms with Crippen LogP contribution in [0.15, 0.2) is 30.3 Å². The number of ether oxygens (including phenoxy) is 1. The Morgan fingerprint density at radius 3 is 2.44 bits per heavy atom. The van der Waals surface area contributed by atoms with Gasteiger partial charge in [-0.2, -0.15) is 0 Å². The minimum absolute atomic E-state index is 0.0860. The first kappa shape index (κ1) is 16.0. The van der Waals surface area contributed by atoms with Crippen molar-refractivity contribution in [3.63, 3.8) is 0 Å². The highest BCUT2D eigenvalue weighted by molar-refractivity contribution is 5.77. The lowest BCUT2D eigenvalue weighted by atomic mass is 9.93. The van der Waals surface area contributed by atoms with Crippen molar-refractivity contribution in [3.05, 3.63) is 58.1 Å². The molecule has 0 aliphatic rings. The molecule has 4 nitrogen and oxygen atoms in total. The van der Waals surface area contributed by atoms with E-state index in [0.717, 1.165) is 16.7 Å². The summed E-state index contributed by atoms with van der Waals surface area (Å²) in [6.45, 7) is 7.50. The molecule has 0 atom stereocenters. The molecule has 2 aromatic rings. The van der Waals surface area contributed by atoms with E-state index < -0.39 is 6.37 Å². The fourth-order valence-electron chi connectivity index (χ4n) is 2.66. The first-order valence-corrected chi connectivity index (χ1v) is 8.36. The Hall–Kier alpha value is -2.49. The standard InChI is InChI=1S/C21H27NO3/c1-13(2)18-10-16(6-7-20(18)23)11-19-14(3)8-17(9-15(19)4)25-12-21(24)22-5/h6-10,13,23H,11-12H2,1-5H3,(H,22,24)/i11D2. The third-order valence-electron chi connectivity index (χ3n) is 4.07. The lowest BCUT2D eigenvalue weighted by Crippen LogP contribution is -2.24. The van der Waals surface area contributed by atoms with Gasteiger partial charge in [-0.25, -0.2) is 0 Å². The van der Waals surface area contributed by atoms with Gasteiger partial charge in [0.05, 0.1) is 0 Å². The van der Waals surface area contributed by atoms with E-state index in [1.807, 2.05) is 27.7 Å². The molecule has 25 heavy (non-hydrogen) atoms. The molecule has 0 fully saturated rings. The number of rotatable bonds is 6. The number of aryl methyl sites for hydroxylation is 2. The lowest BCUT2D eigenvalue weighted by Gasteiger charge is -2.15. The zero-order valence-electron chi connectivity index (χ0n) is 17.4. The predicted octanol–water partition coefficient (Wildman–Crippen LogP) is 3.85. The van der Waals surface area contributed by atoms with Crippen LogP contribution in [0.5, 0.6) is 11.5 Å². The maximum atomic E-state index is 11.4. The molecule has 2 N–H and O–H groups in total. The number of phenolic OH excluding ortho intramolecular Hbond substituents is 1. The van der Waals surface area contributed by atoms with Crippen molar-refractivity contribution in [2.75, 3.05) is 13.7 Å². The van der Waals surface area contributed by atoms with Crippen molar-refractivity contribution in [1.29, 1.82) is 0 Å². The van der Waals surface area contributed by atoms with Crippen LogP contribution in [-0.4, -0.2) is 24.7 Å². The Morgan fingerprint density at radius 2 is 1.88 bits per heavy atom. The maximum Gasteiger partial charge on any atom is 0.257 e. The summed E-state index contributed by atoms with van der Waals surface area (Å²) in [6, 6.07) is 8.39. The summed E-state index contributed by atoms with van der Waals surface area (Å²) in [4.78, 5) is 11.4. The van der Waals surface area contributed by atoms with Crippen molar-refractivity contribution < 1.29 is 17.4 Å². The SMILES string of the molecule is [2H]C([2H])(c1ccc(O)c(C(C)C)c1)c1c(C)cc(OCC(=O)NC)cc1C. The van der Waals surface area contributed by atoms with Crippen molar-refractivity contribution in [2.24, 2.45) is 0 Å². The number of carbonyl (C=O) groups excluding carboxylic acids is 1. The molecule has 0 spiro atoms.